The van der Waals surface area contributed by atoms with E-state index in [2.05, 4.69) is 5.32 Å². The molecule has 2 heterocycles. The fraction of sp³-hybridized carbons (Fsp3) is 0.267. The number of carbonyl (C=O) groups excluding carboxylic acids is 2. The number of carbonyl (C=O) groups is 3. The molecule has 1 aromatic rings. The molecule has 1 unspecified atom stereocenters. The van der Waals surface area contributed by atoms with Crippen LogP contribution in [0.2, 0.25) is 0 Å². The molecule has 2 aliphatic rings. The third kappa shape index (κ3) is 2.18. The van der Waals surface area contributed by atoms with E-state index >= 15 is 0 Å². The summed E-state index contributed by atoms with van der Waals surface area (Å²) in [5.74, 6) is -2.12. The Labute approximate surface area is 121 Å². The third-order valence-corrected chi connectivity index (χ3v) is 3.72. The predicted octanol–water partition coefficient (Wildman–Crippen LogP) is 0.617. The minimum atomic E-state index is -1.09. The van der Waals surface area contributed by atoms with E-state index in [0.29, 0.717) is 24.5 Å². The molecule has 0 radical (unpaired) electrons. The summed E-state index contributed by atoms with van der Waals surface area (Å²) in [5.41, 5.74) is 0.727. The molecule has 6 nitrogen and oxygen atoms in total. The smallest absolute Gasteiger partial charge is 0.304 e. The number of rotatable bonds is 4. The Bertz CT molecular complexity index is 651. The fourth-order valence-corrected chi connectivity index (χ4v) is 2.81. The minimum absolute atomic E-state index is 0.270. The van der Waals surface area contributed by atoms with Crippen LogP contribution in [0.25, 0.3) is 0 Å². The molecule has 6 heteroatoms. The highest BCUT2D eigenvalue weighted by atomic mass is 16.4. The van der Waals surface area contributed by atoms with Gasteiger partial charge in [-0.25, -0.2) is 0 Å². The van der Waals surface area contributed by atoms with Gasteiger partial charge in [-0.15, -0.1) is 0 Å². The van der Waals surface area contributed by atoms with Crippen LogP contribution in [0, 0.1) is 5.92 Å². The number of amides is 1. The molecule has 0 aliphatic carbocycles. The molecule has 1 atom stereocenters. The molecule has 2 N–H and O–H groups in total. The lowest BCUT2D eigenvalue weighted by atomic mass is 9.91. The Balaban J connectivity index is 2.03. The molecule has 108 valence electrons. The van der Waals surface area contributed by atoms with Crippen molar-refractivity contribution in [3.63, 3.8) is 0 Å². The van der Waals surface area contributed by atoms with Gasteiger partial charge in [0.2, 0.25) is 5.91 Å². The SMILES string of the molecule is O=C(O)CC1C(=O)N2CCNC2=C1C(=O)c1ccccc1. The summed E-state index contributed by atoms with van der Waals surface area (Å²) >= 11 is 0. The topological polar surface area (TPSA) is 86.7 Å². The van der Waals surface area contributed by atoms with Gasteiger partial charge in [-0.05, 0) is 0 Å². The fourth-order valence-electron chi connectivity index (χ4n) is 2.81. The number of fused-ring (bicyclic) bond motifs is 1. The van der Waals surface area contributed by atoms with Gasteiger partial charge in [0, 0.05) is 18.7 Å². The molecule has 2 aliphatic heterocycles. The first kappa shape index (κ1) is 13.4. The van der Waals surface area contributed by atoms with E-state index in [0.717, 1.165) is 0 Å². The van der Waals surface area contributed by atoms with Crippen LogP contribution in [0.15, 0.2) is 41.7 Å². The maximum absolute atomic E-state index is 12.7. The number of ketones is 1. The number of carboxylic acids is 1. The molecule has 0 bridgehead atoms. The normalized spacial score (nSPS) is 20.5. The van der Waals surface area contributed by atoms with Crippen molar-refractivity contribution in [3.8, 4) is 0 Å². The molecular formula is C15H14N2O4. The van der Waals surface area contributed by atoms with E-state index in [4.69, 9.17) is 5.11 Å². The number of hydrogen-bond acceptors (Lipinski definition) is 4. The highest BCUT2D eigenvalue weighted by molar-refractivity contribution is 6.14. The van der Waals surface area contributed by atoms with Crippen LogP contribution in [0.5, 0.6) is 0 Å². The third-order valence-electron chi connectivity index (χ3n) is 3.72. The van der Waals surface area contributed by atoms with Crippen molar-refractivity contribution in [2.45, 2.75) is 6.42 Å². The number of Topliss-reactive ketones (excluding diaryl/α,β-unsaturated/α-hetero) is 1. The second-order valence-corrected chi connectivity index (χ2v) is 5.02. The summed E-state index contributed by atoms with van der Waals surface area (Å²) in [7, 11) is 0. The first-order valence-electron chi connectivity index (χ1n) is 6.70. The average Bonchev–Trinajstić information content (AvgIpc) is 3.03. The van der Waals surface area contributed by atoms with Crippen molar-refractivity contribution in [2.75, 3.05) is 13.1 Å². The van der Waals surface area contributed by atoms with Crippen molar-refractivity contribution >= 4 is 17.7 Å². The number of aliphatic carboxylic acids is 1. The van der Waals surface area contributed by atoms with Crippen LogP contribution in [-0.2, 0) is 9.59 Å². The zero-order valence-electron chi connectivity index (χ0n) is 11.2. The van der Waals surface area contributed by atoms with E-state index < -0.39 is 11.9 Å². The molecule has 21 heavy (non-hydrogen) atoms. The predicted molar refractivity (Wildman–Crippen MR) is 73.3 cm³/mol. The molecular weight excluding hydrogens is 272 g/mol. The average molecular weight is 286 g/mol. The van der Waals surface area contributed by atoms with Crippen LogP contribution in [-0.4, -0.2) is 40.8 Å². The Morgan fingerprint density at radius 1 is 1.29 bits per heavy atom. The minimum Gasteiger partial charge on any atom is -0.481 e. The lowest BCUT2D eigenvalue weighted by molar-refractivity contribution is -0.141. The Morgan fingerprint density at radius 2 is 2.00 bits per heavy atom. The number of hydrogen-bond donors (Lipinski definition) is 2. The van der Waals surface area contributed by atoms with Gasteiger partial charge in [0.1, 0.15) is 5.82 Å². The van der Waals surface area contributed by atoms with Gasteiger partial charge in [-0.2, -0.15) is 0 Å². The van der Waals surface area contributed by atoms with E-state index in [1.165, 1.54) is 4.90 Å². The van der Waals surface area contributed by atoms with Gasteiger partial charge in [-0.3, -0.25) is 19.3 Å². The highest BCUT2D eigenvalue weighted by Gasteiger charge is 2.45. The lowest BCUT2D eigenvalue weighted by Gasteiger charge is -2.12. The van der Waals surface area contributed by atoms with Gasteiger partial charge in [-0.1, -0.05) is 30.3 Å². The summed E-state index contributed by atoms with van der Waals surface area (Å²) < 4.78 is 0. The van der Waals surface area contributed by atoms with Gasteiger partial charge in [0.05, 0.1) is 17.9 Å². The Morgan fingerprint density at radius 3 is 2.67 bits per heavy atom. The zero-order valence-corrected chi connectivity index (χ0v) is 11.2. The first-order valence-corrected chi connectivity index (χ1v) is 6.70. The number of benzene rings is 1. The van der Waals surface area contributed by atoms with Gasteiger partial charge < -0.3 is 10.4 Å². The van der Waals surface area contributed by atoms with Crippen molar-refractivity contribution in [1.82, 2.24) is 10.2 Å². The van der Waals surface area contributed by atoms with Crippen molar-refractivity contribution in [3.05, 3.63) is 47.3 Å². The van der Waals surface area contributed by atoms with Crippen LogP contribution >= 0.6 is 0 Å². The molecule has 1 fully saturated rings. The maximum atomic E-state index is 12.7. The number of nitrogens with one attached hydrogen (secondary N) is 1. The van der Waals surface area contributed by atoms with Gasteiger partial charge >= 0.3 is 5.97 Å². The molecule has 3 rings (SSSR count). The Kier molecular flexibility index (Phi) is 3.21. The standard InChI is InChI=1S/C15H14N2O4/c18-11(19)8-10-12(13(20)9-4-2-1-3-5-9)14-16-6-7-17(14)15(10)21/h1-5,10,16H,6-8H2,(H,18,19). The van der Waals surface area contributed by atoms with Crippen molar-refractivity contribution in [1.29, 1.82) is 0 Å². The van der Waals surface area contributed by atoms with E-state index in [1.54, 1.807) is 30.3 Å². The summed E-state index contributed by atoms with van der Waals surface area (Å²) in [4.78, 5) is 37.4. The summed E-state index contributed by atoms with van der Waals surface area (Å²) in [6, 6.07) is 8.59. The van der Waals surface area contributed by atoms with Gasteiger partial charge in [0.25, 0.3) is 0 Å². The second kappa shape index (κ2) is 5.05. The first-order chi connectivity index (χ1) is 10.1. The molecule has 0 saturated carbocycles. The Hall–Kier alpha value is -2.63. The van der Waals surface area contributed by atoms with Crippen LogP contribution < -0.4 is 5.32 Å². The van der Waals surface area contributed by atoms with E-state index in [-0.39, 0.29) is 23.7 Å². The summed E-state index contributed by atoms with van der Waals surface area (Å²) in [6.45, 7) is 1.04. The van der Waals surface area contributed by atoms with Gasteiger partial charge in [0.15, 0.2) is 5.78 Å². The van der Waals surface area contributed by atoms with Crippen LogP contribution in [0.3, 0.4) is 0 Å². The molecule has 1 saturated heterocycles. The highest BCUT2D eigenvalue weighted by Crippen LogP contribution is 2.34. The number of carboxylic acid groups (broad SMARTS) is 1. The maximum Gasteiger partial charge on any atom is 0.304 e. The quantitative estimate of drug-likeness (QED) is 0.792. The van der Waals surface area contributed by atoms with Crippen LogP contribution in [0.4, 0.5) is 0 Å². The molecule has 1 aromatic carbocycles. The monoisotopic (exact) mass is 286 g/mol. The lowest BCUT2D eigenvalue weighted by Crippen LogP contribution is -2.29. The summed E-state index contributed by atoms with van der Waals surface area (Å²) in [6.07, 6.45) is -0.367. The second-order valence-electron chi connectivity index (χ2n) is 5.02. The number of nitrogens with zero attached hydrogens (tertiary/aromatic N) is 1. The molecule has 0 spiro atoms. The molecule has 1 amide bonds. The van der Waals surface area contributed by atoms with Crippen LogP contribution in [0.1, 0.15) is 16.8 Å². The zero-order chi connectivity index (χ0) is 15.0. The van der Waals surface area contributed by atoms with Crippen molar-refractivity contribution < 1.29 is 19.5 Å². The largest absolute Gasteiger partial charge is 0.481 e. The van der Waals surface area contributed by atoms with E-state index in [1.807, 2.05) is 0 Å². The van der Waals surface area contributed by atoms with Crippen molar-refractivity contribution in [2.24, 2.45) is 5.92 Å². The summed E-state index contributed by atoms with van der Waals surface area (Å²) in [5, 5.41) is 12.0. The molecule has 0 aromatic heterocycles. The van der Waals surface area contributed by atoms with E-state index in [9.17, 15) is 14.4 Å².